The van der Waals surface area contributed by atoms with Gasteiger partial charge in [-0.05, 0) is 29.7 Å². The van der Waals surface area contributed by atoms with Gasteiger partial charge in [-0.3, -0.25) is 0 Å². The summed E-state index contributed by atoms with van der Waals surface area (Å²) in [5, 5.41) is 13.6. The van der Waals surface area contributed by atoms with Gasteiger partial charge in [0.15, 0.2) is 5.69 Å². The maximum absolute atomic E-state index is 12.1. The average Bonchev–Trinajstić information content (AvgIpc) is 2.90. The number of amides is 1. The molecule has 0 aliphatic carbocycles. The highest BCUT2D eigenvalue weighted by molar-refractivity contribution is 6.21. The molecule has 0 fully saturated rings. The van der Waals surface area contributed by atoms with Crippen molar-refractivity contribution in [2.24, 2.45) is 0 Å². The molecule has 0 atom stereocenters. The van der Waals surface area contributed by atoms with Crippen molar-refractivity contribution in [2.45, 2.75) is 26.7 Å². The Balaban J connectivity index is 2.24. The van der Waals surface area contributed by atoms with E-state index < -0.39 is 0 Å². The highest BCUT2D eigenvalue weighted by Gasteiger charge is 2.35. The van der Waals surface area contributed by atoms with Crippen molar-refractivity contribution in [2.75, 3.05) is 0 Å². The number of carbonyl (C=O) groups is 1. The molecule has 1 aliphatic rings. The maximum atomic E-state index is 12.1. The predicted octanol–water partition coefficient (Wildman–Crippen LogP) is 3.03. The topological polar surface area (TPSA) is 52.3 Å². The number of nitrogens with one attached hydrogen (secondary N) is 1. The van der Waals surface area contributed by atoms with Crippen molar-refractivity contribution < 1.29 is 14.7 Å². The van der Waals surface area contributed by atoms with Gasteiger partial charge in [-0.25, -0.2) is 10.1 Å². The van der Waals surface area contributed by atoms with Crippen LogP contribution in [0, 0.1) is 0 Å². The first-order chi connectivity index (χ1) is 10.7. The van der Waals surface area contributed by atoms with Gasteiger partial charge >= 0.3 is 11.7 Å². The molecule has 2 N–H and O–H groups in total. The summed E-state index contributed by atoms with van der Waals surface area (Å²) in [7, 11) is 0. The van der Waals surface area contributed by atoms with E-state index in [-0.39, 0.29) is 5.91 Å². The van der Waals surface area contributed by atoms with E-state index in [2.05, 4.69) is 19.2 Å². The van der Waals surface area contributed by atoms with Crippen molar-refractivity contribution in [3.8, 4) is 0 Å². The van der Waals surface area contributed by atoms with Crippen LogP contribution in [0.4, 0.5) is 5.69 Å². The molecule has 2 aromatic carbocycles. The molecule has 4 heteroatoms. The molecular formula is C18H19N2O2+. The summed E-state index contributed by atoms with van der Waals surface area (Å²) < 4.78 is 1.13. The Morgan fingerprint density at radius 1 is 0.955 bits per heavy atom. The Bertz CT molecular complexity index is 756. The first-order valence-electron chi connectivity index (χ1n) is 7.54. The van der Waals surface area contributed by atoms with Crippen molar-refractivity contribution in [3.63, 3.8) is 0 Å². The zero-order valence-electron chi connectivity index (χ0n) is 12.8. The Morgan fingerprint density at radius 3 is 2.14 bits per heavy atom. The second kappa shape index (κ2) is 5.64. The molecule has 2 aromatic rings. The molecule has 0 unspecified atom stereocenters. The molecule has 1 aliphatic heterocycles. The minimum Gasteiger partial charge on any atom is -0.349 e. The zero-order chi connectivity index (χ0) is 15.7. The molecule has 0 radical (unpaired) electrons. The van der Waals surface area contributed by atoms with Crippen LogP contribution >= 0.6 is 0 Å². The number of amidine groups is 1. The number of para-hydroxylation sites is 1. The van der Waals surface area contributed by atoms with Crippen LogP contribution in [0.2, 0.25) is 0 Å². The molecule has 1 heterocycles. The molecule has 0 saturated heterocycles. The maximum Gasteiger partial charge on any atom is 0.340 e. The van der Waals surface area contributed by atoms with Gasteiger partial charge in [-0.2, -0.15) is 0 Å². The van der Waals surface area contributed by atoms with E-state index in [1.165, 1.54) is 0 Å². The summed E-state index contributed by atoms with van der Waals surface area (Å²) in [6.07, 6.45) is 1.62. The summed E-state index contributed by atoms with van der Waals surface area (Å²) in [5.74, 6) is 0.243. The molecule has 112 valence electrons. The second-order valence-corrected chi connectivity index (χ2v) is 5.29. The van der Waals surface area contributed by atoms with Crippen LogP contribution in [-0.2, 0) is 12.8 Å². The Morgan fingerprint density at radius 2 is 1.55 bits per heavy atom. The summed E-state index contributed by atoms with van der Waals surface area (Å²) in [6.45, 7) is 4.11. The van der Waals surface area contributed by atoms with E-state index in [1.54, 1.807) is 6.07 Å². The van der Waals surface area contributed by atoms with E-state index >= 15 is 0 Å². The second-order valence-electron chi connectivity index (χ2n) is 5.29. The van der Waals surface area contributed by atoms with Gasteiger partial charge in [-0.15, -0.1) is 0 Å². The number of nitrogens with zero attached hydrogens (tertiary/aromatic N) is 1. The van der Waals surface area contributed by atoms with Crippen LogP contribution in [0.3, 0.4) is 0 Å². The Labute approximate surface area is 129 Å². The average molecular weight is 295 g/mol. The highest BCUT2D eigenvalue weighted by atomic mass is 16.5. The lowest BCUT2D eigenvalue weighted by Gasteiger charge is -2.10. The molecular weight excluding hydrogens is 276 g/mol. The SMILES string of the molecule is CCc1cccc(CC)c1[N+](O)=C1NC(=O)c2ccccc21. The van der Waals surface area contributed by atoms with Crippen LogP contribution in [-0.4, -0.2) is 21.7 Å². The molecule has 0 saturated carbocycles. The van der Waals surface area contributed by atoms with Crippen molar-refractivity contribution in [1.82, 2.24) is 5.32 Å². The van der Waals surface area contributed by atoms with E-state index in [4.69, 9.17) is 0 Å². The number of rotatable bonds is 3. The van der Waals surface area contributed by atoms with Gasteiger partial charge in [0.2, 0.25) is 0 Å². The van der Waals surface area contributed by atoms with E-state index in [0.29, 0.717) is 11.4 Å². The first kappa shape index (κ1) is 14.3. The Kier molecular flexibility index (Phi) is 3.67. The van der Waals surface area contributed by atoms with E-state index in [0.717, 1.165) is 40.0 Å². The number of fused-ring (bicyclic) bond motifs is 1. The summed E-state index contributed by atoms with van der Waals surface area (Å²) >= 11 is 0. The number of hydrogen-bond donors (Lipinski definition) is 2. The van der Waals surface area contributed by atoms with Crippen LogP contribution in [0.15, 0.2) is 42.5 Å². The fourth-order valence-electron chi connectivity index (χ4n) is 2.90. The largest absolute Gasteiger partial charge is 0.349 e. The summed E-state index contributed by atoms with van der Waals surface area (Å²) in [6, 6.07) is 13.3. The quantitative estimate of drug-likeness (QED) is 0.519. The third kappa shape index (κ3) is 2.17. The van der Waals surface area contributed by atoms with Gasteiger partial charge in [-0.1, -0.05) is 44.2 Å². The molecule has 0 aromatic heterocycles. The lowest BCUT2D eigenvalue weighted by molar-refractivity contribution is -0.714. The third-order valence-electron chi connectivity index (χ3n) is 4.05. The van der Waals surface area contributed by atoms with Crippen molar-refractivity contribution in [1.29, 1.82) is 0 Å². The van der Waals surface area contributed by atoms with Gasteiger partial charge in [0.25, 0.3) is 0 Å². The molecule has 22 heavy (non-hydrogen) atoms. The number of hydrogen-bond acceptors (Lipinski definition) is 2. The van der Waals surface area contributed by atoms with Crippen LogP contribution < -0.4 is 5.32 Å². The molecule has 4 nitrogen and oxygen atoms in total. The lowest BCUT2D eigenvalue weighted by atomic mass is 10.0. The molecule has 0 spiro atoms. The number of benzene rings is 2. The fraction of sp³-hybridized carbons (Fsp3) is 0.222. The highest BCUT2D eigenvalue weighted by Crippen LogP contribution is 2.26. The minimum atomic E-state index is -0.184. The summed E-state index contributed by atoms with van der Waals surface area (Å²) in [5.41, 5.74) is 4.17. The molecule has 3 rings (SSSR count). The van der Waals surface area contributed by atoms with Gasteiger partial charge in [0.1, 0.15) is 0 Å². The number of carbonyl (C=O) groups excluding carboxylic acids is 1. The lowest BCUT2D eigenvalue weighted by Crippen LogP contribution is -2.29. The van der Waals surface area contributed by atoms with Crippen molar-refractivity contribution in [3.05, 3.63) is 64.7 Å². The van der Waals surface area contributed by atoms with Gasteiger partial charge in [0.05, 0.1) is 11.1 Å². The Hall–Kier alpha value is -2.62. The van der Waals surface area contributed by atoms with E-state index in [9.17, 15) is 10.0 Å². The molecule has 0 bridgehead atoms. The minimum absolute atomic E-state index is 0.184. The number of aryl methyl sites for hydroxylation is 2. The van der Waals surface area contributed by atoms with Crippen LogP contribution in [0.5, 0.6) is 0 Å². The first-order valence-corrected chi connectivity index (χ1v) is 7.54. The molecule has 1 amide bonds. The van der Waals surface area contributed by atoms with E-state index in [1.807, 2.05) is 36.4 Å². The standard InChI is InChI=1S/C18H18N2O2/c1-3-12-8-7-9-13(4-2)16(12)20(22)17-14-10-5-6-11-15(14)18(21)19-17/h5-11,22H,3-4H2,1-2H3/p+1. The summed E-state index contributed by atoms with van der Waals surface area (Å²) in [4.78, 5) is 12.1. The van der Waals surface area contributed by atoms with Crippen LogP contribution in [0.1, 0.15) is 40.9 Å². The normalized spacial score (nSPS) is 15.5. The smallest absolute Gasteiger partial charge is 0.340 e. The van der Waals surface area contributed by atoms with Crippen molar-refractivity contribution >= 4 is 17.4 Å². The zero-order valence-corrected chi connectivity index (χ0v) is 12.8. The third-order valence-corrected chi connectivity index (χ3v) is 4.05. The monoisotopic (exact) mass is 295 g/mol. The predicted molar refractivity (Wildman–Crippen MR) is 84.9 cm³/mol. The fourth-order valence-corrected chi connectivity index (χ4v) is 2.90. The van der Waals surface area contributed by atoms with Gasteiger partial charge in [0, 0.05) is 11.1 Å². The van der Waals surface area contributed by atoms with Gasteiger partial charge < -0.3 is 5.21 Å². The van der Waals surface area contributed by atoms with Crippen LogP contribution in [0.25, 0.3) is 0 Å².